The molecule has 1 saturated heterocycles. The van der Waals surface area contributed by atoms with Crippen LogP contribution < -0.4 is 11.1 Å². The number of amides is 1. The molecule has 2 atom stereocenters. The first-order valence-corrected chi connectivity index (χ1v) is 10.4. The average molecular weight is 462 g/mol. The van der Waals surface area contributed by atoms with Gasteiger partial charge in [0.05, 0.1) is 12.2 Å². The molecular weight excluding hydrogens is 425 g/mol. The second kappa shape index (κ2) is 11.1. The van der Waals surface area contributed by atoms with Gasteiger partial charge in [0, 0.05) is 44.6 Å². The third kappa shape index (κ3) is 5.47. The predicted octanol–water partition coefficient (Wildman–Crippen LogP) is 2.64. The number of benzene rings is 1. The number of piperidine rings is 1. The Morgan fingerprint density at radius 1 is 1.23 bits per heavy atom. The molecule has 2 fully saturated rings. The number of halogens is 2. The average Bonchev–Trinajstić information content (AvgIpc) is 2.68. The summed E-state index contributed by atoms with van der Waals surface area (Å²) in [4.78, 5) is 15.3. The summed E-state index contributed by atoms with van der Waals surface area (Å²) in [5, 5.41) is 12.8. The quantitative estimate of drug-likeness (QED) is 0.580. The van der Waals surface area contributed by atoms with E-state index in [9.17, 15) is 9.90 Å². The minimum absolute atomic E-state index is 0. The molecule has 1 aliphatic heterocycles. The maximum atomic E-state index is 12.9. The number of carbonyl (C=O) groups excluding carboxylic acids is 1. The molecule has 0 bridgehead atoms. The molecule has 0 spiro atoms. The topological polar surface area (TPSA) is 87.8 Å². The molecule has 1 saturated carbocycles. The Morgan fingerprint density at radius 3 is 2.40 bits per heavy atom. The van der Waals surface area contributed by atoms with Crippen LogP contribution >= 0.6 is 24.8 Å². The van der Waals surface area contributed by atoms with Crippen LogP contribution in [0, 0.1) is 5.41 Å². The van der Waals surface area contributed by atoms with E-state index < -0.39 is 5.54 Å². The van der Waals surface area contributed by atoms with E-state index in [1.54, 1.807) is 0 Å². The van der Waals surface area contributed by atoms with Gasteiger partial charge >= 0.3 is 0 Å². The Bertz CT molecular complexity index is 696. The Labute approximate surface area is 192 Å². The lowest BCUT2D eigenvalue weighted by Crippen LogP contribution is -2.75. The van der Waals surface area contributed by atoms with Gasteiger partial charge < -0.3 is 20.9 Å². The van der Waals surface area contributed by atoms with Gasteiger partial charge in [-0.2, -0.15) is 0 Å². The van der Waals surface area contributed by atoms with Crippen molar-refractivity contribution >= 4 is 30.7 Å². The van der Waals surface area contributed by atoms with E-state index in [4.69, 9.17) is 10.5 Å². The van der Waals surface area contributed by atoms with Crippen molar-refractivity contribution in [1.82, 2.24) is 10.2 Å². The second-order valence-corrected chi connectivity index (χ2v) is 8.80. The summed E-state index contributed by atoms with van der Waals surface area (Å²) in [5.41, 5.74) is 7.53. The molecular formula is C22H37Cl2N3O3. The molecule has 1 aliphatic carbocycles. The van der Waals surface area contributed by atoms with Crippen LogP contribution in [0.25, 0.3) is 0 Å². The molecule has 3 rings (SSSR count). The summed E-state index contributed by atoms with van der Waals surface area (Å²) >= 11 is 0. The first kappa shape index (κ1) is 27.1. The van der Waals surface area contributed by atoms with Crippen LogP contribution in [0.1, 0.15) is 51.2 Å². The third-order valence-corrected chi connectivity index (χ3v) is 6.74. The van der Waals surface area contributed by atoms with Crippen molar-refractivity contribution in [3.05, 3.63) is 35.4 Å². The van der Waals surface area contributed by atoms with Gasteiger partial charge in [-0.25, -0.2) is 0 Å². The second-order valence-electron chi connectivity index (χ2n) is 8.80. The van der Waals surface area contributed by atoms with Crippen LogP contribution in [0.2, 0.25) is 0 Å². The molecule has 4 N–H and O–H groups in total. The predicted molar refractivity (Wildman–Crippen MR) is 124 cm³/mol. The van der Waals surface area contributed by atoms with E-state index in [1.165, 1.54) is 5.56 Å². The van der Waals surface area contributed by atoms with Gasteiger partial charge in [-0.3, -0.25) is 9.69 Å². The number of carbonyl (C=O) groups is 1. The molecule has 0 aromatic heterocycles. The van der Waals surface area contributed by atoms with Gasteiger partial charge in [0.1, 0.15) is 5.54 Å². The van der Waals surface area contributed by atoms with Gasteiger partial charge in [-0.15, -0.1) is 24.8 Å². The third-order valence-electron chi connectivity index (χ3n) is 6.74. The number of hydrogen-bond acceptors (Lipinski definition) is 5. The number of hydrogen-bond donors (Lipinski definition) is 3. The van der Waals surface area contributed by atoms with Crippen molar-refractivity contribution in [3.8, 4) is 0 Å². The highest BCUT2D eigenvalue weighted by Gasteiger charge is 2.62. The van der Waals surface area contributed by atoms with E-state index in [0.29, 0.717) is 19.6 Å². The van der Waals surface area contributed by atoms with E-state index in [-0.39, 0.29) is 48.3 Å². The van der Waals surface area contributed by atoms with Crippen LogP contribution in [0.4, 0.5) is 0 Å². The lowest BCUT2D eigenvalue weighted by molar-refractivity contribution is -0.170. The highest BCUT2D eigenvalue weighted by molar-refractivity contribution is 5.88. The number of nitrogens with two attached hydrogens (primary N) is 1. The SMILES string of the molecule is CCOC1CC(N)(C(=O)NCc2ccccc2CN2CCC(O)CC2)C1(C)C.Cl.Cl. The van der Waals surface area contributed by atoms with E-state index >= 15 is 0 Å². The van der Waals surface area contributed by atoms with Crippen LogP contribution in [-0.4, -0.2) is 53.4 Å². The molecule has 172 valence electrons. The Kier molecular flexibility index (Phi) is 10.1. The maximum Gasteiger partial charge on any atom is 0.241 e. The Hall–Kier alpha value is -0.890. The van der Waals surface area contributed by atoms with Crippen molar-refractivity contribution in [3.63, 3.8) is 0 Å². The number of rotatable bonds is 7. The summed E-state index contributed by atoms with van der Waals surface area (Å²) in [7, 11) is 0. The highest BCUT2D eigenvalue weighted by Crippen LogP contribution is 2.49. The van der Waals surface area contributed by atoms with Crippen molar-refractivity contribution < 1.29 is 14.6 Å². The zero-order valence-corrected chi connectivity index (χ0v) is 19.9. The number of aliphatic hydroxyl groups is 1. The van der Waals surface area contributed by atoms with Crippen molar-refractivity contribution in [2.75, 3.05) is 19.7 Å². The highest BCUT2D eigenvalue weighted by atomic mass is 35.5. The summed E-state index contributed by atoms with van der Waals surface area (Å²) in [5.74, 6) is -0.107. The Balaban J connectivity index is 0.00000225. The van der Waals surface area contributed by atoms with Gasteiger partial charge in [0.15, 0.2) is 0 Å². The number of aliphatic hydroxyl groups excluding tert-OH is 1. The van der Waals surface area contributed by atoms with E-state index in [1.807, 2.05) is 32.9 Å². The monoisotopic (exact) mass is 461 g/mol. The zero-order chi connectivity index (χ0) is 20.4. The Morgan fingerprint density at radius 2 is 1.83 bits per heavy atom. The first-order valence-electron chi connectivity index (χ1n) is 10.4. The van der Waals surface area contributed by atoms with Crippen molar-refractivity contribution in [1.29, 1.82) is 0 Å². The molecule has 1 heterocycles. The van der Waals surface area contributed by atoms with Crippen LogP contribution in [0.3, 0.4) is 0 Å². The van der Waals surface area contributed by atoms with E-state index in [2.05, 4.69) is 22.3 Å². The first-order chi connectivity index (χ1) is 13.3. The largest absolute Gasteiger partial charge is 0.393 e. The van der Waals surface area contributed by atoms with Gasteiger partial charge in [0.25, 0.3) is 0 Å². The number of nitrogens with one attached hydrogen (secondary N) is 1. The smallest absolute Gasteiger partial charge is 0.241 e. The molecule has 2 unspecified atom stereocenters. The fraction of sp³-hybridized carbons (Fsp3) is 0.682. The zero-order valence-electron chi connectivity index (χ0n) is 18.2. The molecule has 2 aliphatic rings. The lowest BCUT2D eigenvalue weighted by Gasteiger charge is -2.57. The lowest BCUT2D eigenvalue weighted by atomic mass is 9.54. The summed E-state index contributed by atoms with van der Waals surface area (Å²) < 4.78 is 5.73. The maximum absolute atomic E-state index is 12.9. The normalized spacial score (nSPS) is 26.1. The summed E-state index contributed by atoms with van der Waals surface area (Å²) in [6, 6.07) is 8.21. The number of nitrogens with zero attached hydrogens (tertiary/aromatic N) is 1. The summed E-state index contributed by atoms with van der Waals surface area (Å²) in [6.45, 7) is 9.73. The fourth-order valence-corrected chi connectivity index (χ4v) is 4.36. The minimum atomic E-state index is -0.898. The number of likely N-dealkylation sites (tertiary alicyclic amines) is 1. The van der Waals surface area contributed by atoms with Crippen LogP contribution in [-0.2, 0) is 22.6 Å². The van der Waals surface area contributed by atoms with Crippen molar-refractivity contribution in [2.24, 2.45) is 11.1 Å². The standard InChI is InChI=1S/C22H35N3O3.2ClH/c1-4-28-19-13-22(23,21(19,2)3)20(27)24-14-16-7-5-6-8-17(16)15-25-11-9-18(26)10-12-25;;/h5-8,18-19,26H,4,9-15,23H2,1-3H3,(H,24,27);2*1H. The van der Waals surface area contributed by atoms with Gasteiger partial charge in [-0.1, -0.05) is 38.1 Å². The molecule has 0 radical (unpaired) electrons. The van der Waals surface area contributed by atoms with Crippen LogP contribution in [0.5, 0.6) is 0 Å². The molecule has 1 aromatic carbocycles. The van der Waals surface area contributed by atoms with E-state index in [0.717, 1.165) is 38.0 Å². The summed E-state index contributed by atoms with van der Waals surface area (Å²) in [6.07, 6.45) is 2.06. The number of ether oxygens (including phenoxy) is 1. The molecule has 6 nitrogen and oxygen atoms in total. The van der Waals surface area contributed by atoms with Gasteiger partial charge in [0.2, 0.25) is 5.91 Å². The van der Waals surface area contributed by atoms with Gasteiger partial charge in [-0.05, 0) is 30.9 Å². The molecule has 1 amide bonds. The fourth-order valence-electron chi connectivity index (χ4n) is 4.36. The van der Waals surface area contributed by atoms with Crippen molar-refractivity contribution in [2.45, 2.75) is 70.9 Å². The van der Waals surface area contributed by atoms with Crippen LogP contribution in [0.15, 0.2) is 24.3 Å². The molecule has 30 heavy (non-hydrogen) atoms. The minimum Gasteiger partial charge on any atom is -0.393 e. The molecule has 1 aromatic rings. The molecule has 8 heteroatoms.